The maximum atomic E-state index is 10.8. The number of hydrogen-bond acceptors (Lipinski definition) is 5. The first kappa shape index (κ1) is 17.0. The van der Waals surface area contributed by atoms with Gasteiger partial charge in [-0.25, -0.2) is 0 Å². The molecule has 0 unspecified atom stereocenters. The molecule has 0 bridgehead atoms. The Morgan fingerprint density at radius 3 is 2.37 bits per heavy atom. The van der Waals surface area contributed by atoms with Crippen LogP contribution in [0.15, 0.2) is 65.8 Å². The highest BCUT2D eigenvalue weighted by molar-refractivity contribution is 6.06. The molecule has 0 N–H and O–H groups in total. The number of hydrogen-bond donors (Lipinski definition) is 0. The van der Waals surface area contributed by atoms with Gasteiger partial charge in [0.15, 0.2) is 0 Å². The number of benzene rings is 3. The second kappa shape index (κ2) is 6.72. The molecule has 1 aliphatic heterocycles. The first-order chi connectivity index (χ1) is 13.0. The number of rotatable bonds is 4. The third-order valence-corrected chi connectivity index (χ3v) is 4.85. The van der Waals surface area contributed by atoms with Gasteiger partial charge in [-0.3, -0.25) is 15.1 Å². The van der Waals surface area contributed by atoms with Crippen molar-refractivity contribution in [3.63, 3.8) is 0 Å². The van der Waals surface area contributed by atoms with E-state index in [0.717, 1.165) is 35.3 Å². The summed E-state index contributed by atoms with van der Waals surface area (Å²) >= 11 is 0. The van der Waals surface area contributed by atoms with Crippen molar-refractivity contribution in [2.24, 2.45) is 5.10 Å². The van der Waals surface area contributed by atoms with Crippen molar-refractivity contribution in [1.82, 2.24) is 0 Å². The molecule has 3 aromatic carbocycles. The van der Waals surface area contributed by atoms with Crippen molar-refractivity contribution in [2.75, 3.05) is 30.5 Å². The zero-order valence-corrected chi connectivity index (χ0v) is 15.3. The third-order valence-electron chi connectivity index (χ3n) is 4.85. The minimum Gasteiger partial charge on any atom is -0.377 e. The predicted molar refractivity (Wildman–Crippen MR) is 110 cm³/mol. The van der Waals surface area contributed by atoms with E-state index in [1.54, 1.807) is 12.1 Å². The Hall–Kier alpha value is -3.41. The molecule has 3 aromatic rings. The van der Waals surface area contributed by atoms with E-state index in [4.69, 9.17) is 5.10 Å². The van der Waals surface area contributed by atoms with Crippen molar-refractivity contribution in [2.45, 2.75) is 6.42 Å². The first-order valence-corrected chi connectivity index (χ1v) is 8.83. The Morgan fingerprint density at radius 2 is 1.70 bits per heavy atom. The maximum absolute atomic E-state index is 10.8. The summed E-state index contributed by atoms with van der Waals surface area (Å²) in [4.78, 5) is 12.6. The van der Waals surface area contributed by atoms with E-state index < -0.39 is 0 Å². The molecule has 0 radical (unpaired) electrons. The Labute approximate surface area is 157 Å². The fourth-order valence-electron chi connectivity index (χ4n) is 3.49. The molecule has 0 atom stereocenters. The molecule has 0 aliphatic carbocycles. The zero-order chi connectivity index (χ0) is 19.0. The minimum atomic E-state index is -0.384. The SMILES string of the molecule is CN(C)c1ccc(N2CCC(c3ccc([N+](=O)[O-])cc3)=N2)c2ccccc12. The van der Waals surface area contributed by atoms with Crippen LogP contribution in [-0.4, -0.2) is 31.3 Å². The van der Waals surface area contributed by atoms with Crippen LogP contribution in [-0.2, 0) is 0 Å². The second-order valence-corrected chi connectivity index (χ2v) is 6.77. The Kier molecular flexibility index (Phi) is 4.24. The summed E-state index contributed by atoms with van der Waals surface area (Å²) in [7, 11) is 4.09. The van der Waals surface area contributed by atoms with Gasteiger partial charge in [-0.05, 0) is 29.8 Å². The molecular formula is C21H20N4O2. The van der Waals surface area contributed by atoms with Crippen molar-refractivity contribution >= 4 is 33.5 Å². The first-order valence-electron chi connectivity index (χ1n) is 8.83. The molecule has 6 nitrogen and oxygen atoms in total. The van der Waals surface area contributed by atoms with E-state index in [9.17, 15) is 10.1 Å². The van der Waals surface area contributed by atoms with Crippen molar-refractivity contribution < 1.29 is 4.92 Å². The highest BCUT2D eigenvalue weighted by Crippen LogP contribution is 2.35. The Balaban J connectivity index is 1.71. The highest BCUT2D eigenvalue weighted by atomic mass is 16.6. The van der Waals surface area contributed by atoms with Gasteiger partial charge in [0.2, 0.25) is 0 Å². The van der Waals surface area contributed by atoms with E-state index >= 15 is 0 Å². The van der Waals surface area contributed by atoms with E-state index in [1.165, 1.54) is 23.2 Å². The number of fused-ring (bicyclic) bond motifs is 1. The zero-order valence-electron chi connectivity index (χ0n) is 15.3. The molecule has 136 valence electrons. The lowest BCUT2D eigenvalue weighted by Gasteiger charge is -2.21. The van der Waals surface area contributed by atoms with Crippen LogP contribution in [0.2, 0.25) is 0 Å². The molecular weight excluding hydrogens is 340 g/mol. The summed E-state index contributed by atoms with van der Waals surface area (Å²) in [6.07, 6.45) is 0.807. The second-order valence-electron chi connectivity index (χ2n) is 6.77. The van der Waals surface area contributed by atoms with Gasteiger partial charge >= 0.3 is 0 Å². The largest absolute Gasteiger partial charge is 0.377 e. The molecule has 4 rings (SSSR count). The topological polar surface area (TPSA) is 62.0 Å². The summed E-state index contributed by atoms with van der Waals surface area (Å²) in [5, 5.41) is 20.0. The minimum absolute atomic E-state index is 0.0967. The smallest absolute Gasteiger partial charge is 0.269 e. The number of anilines is 2. The van der Waals surface area contributed by atoms with E-state index in [1.807, 2.05) is 25.2 Å². The van der Waals surface area contributed by atoms with Gasteiger partial charge in [-0.2, -0.15) is 5.10 Å². The fourth-order valence-corrected chi connectivity index (χ4v) is 3.49. The van der Waals surface area contributed by atoms with Gasteiger partial charge in [-0.15, -0.1) is 0 Å². The summed E-state index contributed by atoms with van der Waals surface area (Å²) in [6.45, 7) is 0.789. The van der Waals surface area contributed by atoms with Gasteiger partial charge in [-0.1, -0.05) is 24.3 Å². The monoisotopic (exact) mass is 360 g/mol. The lowest BCUT2D eigenvalue weighted by atomic mass is 10.1. The number of nitrogens with zero attached hydrogens (tertiary/aromatic N) is 4. The van der Waals surface area contributed by atoms with Crippen molar-refractivity contribution in [3.8, 4) is 0 Å². The molecule has 0 spiro atoms. The average molecular weight is 360 g/mol. The standard InChI is InChI=1S/C21H20N4O2/c1-23(2)20-11-12-21(18-6-4-3-5-17(18)20)24-14-13-19(22-24)15-7-9-16(10-8-15)25(26)27/h3-12H,13-14H2,1-2H3. The van der Waals surface area contributed by atoms with E-state index in [2.05, 4.69) is 35.2 Å². The van der Waals surface area contributed by atoms with Crippen LogP contribution < -0.4 is 9.91 Å². The maximum Gasteiger partial charge on any atom is 0.269 e. The van der Waals surface area contributed by atoms with Crippen LogP contribution >= 0.6 is 0 Å². The van der Waals surface area contributed by atoms with Crippen LogP contribution in [0.4, 0.5) is 17.1 Å². The molecule has 0 saturated heterocycles. The number of nitro groups is 1. The van der Waals surface area contributed by atoms with E-state index in [-0.39, 0.29) is 10.6 Å². The summed E-state index contributed by atoms with van der Waals surface area (Å²) in [5.74, 6) is 0. The molecule has 1 aliphatic rings. The van der Waals surface area contributed by atoms with Crippen LogP contribution in [0.5, 0.6) is 0 Å². The molecule has 6 heteroatoms. The Morgan fingerprint density at radius 1 is 1.00 bits per heavy atom. The summed E-state index contributed by atoms with van der Waals surface area (Å²) < 4.78 is 0. The average Bonchev–Trinajstić information content (AvgIpc) is 3.17. The fraction of sp³-hybridized carbons (Fsp3) is 0.190. The third kappa shape index (κ3) is 3.10. The molecule has 0 amide bonds. The normalized spacial score (nSPS) is 13.7. The summed E-state index contributed by atoms with van der Waals surface area (Å²) in [5.41, 5.74) is 4.23. The van der Waals surface area contributed by atoms with Crippen molar-refractivity contribution in [1.29, 1.82) is 0 Å². The van der Waals surface area contributed by atoms with Crippen LogP contribution in [0.1, 0.15) is 12.0 Å². The highest BCUT2D eigenvalue weighted by Gasteiger charge is 2.20. The van der Waals surface area contributed by atoms with Crippen molar-refractivity contribution in [3.05, 3.63) is 76.3 Å². The van der Waals surface area contributed by atoms with Gasteiger partial charge in [0.1, 0.15) is 0 Å². The molecule has 1 heterocycles. The quantitative estimate of drug-likeness (QED) is 0.510. The number of non-ortho nitro benzene ring substituents is 1. The van der Waals surface area contributed by atoms with Gasteiger partial charge in [0.25, 0.3) is 5.69 Å². The summed E-state index contributed by atoms with van der Waals surface area (Å²) in [6, 6.07) is 19.2. The van der Waals surface area contributed by atoms with Gasteiger partial charge in [0, 0.05) is 55.7 Å². The molecule has 0 aromatic heterocycles. The van der Waals surface area contributed by atoms with Gasteiger partial charge in [0.05, 0.1) is 16.3 Å². The van der Waals surface area contributed by atoms with Crippen LogP contribution in [0.25, 0.3) is 10.8 Å². The van der Waals surface area contributed by atoms with Gasteiger partial charge < -0.3 is 4.90 Å². The Bertz CT molecular complexity index is 1040. The molecule has 0 fully saturated rings. The van der Waals surface area contributed by atoms with Crippen LogP contribution in [0, 0.1) is 10.1 Å². The molecule has 0 saturated carbocycles. The predicted octanol–water partition coefficient (Wildman–Crippen LogP) is 4.43. The number of nitro benzene ring substituents is 1. The lowest BCUT2D eigenvalue weighted by Crippen LogP contribution is -2.14. The van der Waals surface area contributed by atoms with Crippen LogP contribution in [0.3, 0.4) is 0 Å². The lowest BCUT2D eigenvalue weighted by molar-refractivity contribution is -0.384. The molecule has 27 heavy (non-hydrogen) atoms. The van der Waals surface area contributed by atoms with E-state index in [0.29, 0.717) is 0 Å². The number of hydrazone groups is 1.